The van der Waals surface area contributed by atoms with Crippen molar-refractivity contribution in [1.29, 1.82) is 0 Å². The number of benzene rings is 4. The number of hydrogen-bond acceptors (Lipinski definition) is 10. The van der Waals surface area contributed by atoms with Crippen molar-refractivity contribution in [1.82, 2.24) is 0 Å². The van der Waals surface area contributed by atoms with Crippen LogP contribution in [0.15, 0.2) is 89.5 Å². The molecule has 2 heterocycles. The first-order valence-electron chi connectivity index (χ1n) is 18.1. The minimum absolute atomic E-state index is 0.0413. The first-order chi connectivity index (χ1) is 26.0. The maximum absolute atomic E-state index is 13.0. The number of rotatable bonds is 8. The van der Waals surface area contributed by atoms with E-state index in [9.17, 15) is 40.2 Å². The molecule has 0 aromatic heterocycles. The molecule has 288 valence electrons. The molecule has 0 fully saturated rings. The van der Waals surface area contributed by atoms with Gasteiger partial charge in [-0.15, -0.1) is 0 Å². The second kappa shape index (κ2) is 16.9. The Hall–Kier alpha value is -6.16. The maximum Gasteiger partial charge on any atom is 0.174 e. The molecule has 4 aromatic rings. The fourth-order valence-corrected chi connectivity index (χ4v) is 6.41. The predicted molar refractivity (Wildman–Crippen MR) is 210 cm³/mol. The molecule has 0 radical (unpaired) electrons. The van der Waals surface area contributed by atoms with E-state index >= 15 is 0 Å². The Morgan fingerprint density at radius 3 is 1.47 bits per heavy atom. The van der Waals surface area contributed by atoms with E-state index in [4.69, 9.17) is 9.47 Å². The molecule has 0 saturated carbocycles. The SMILES string of the molecule is CC(C)=CCc1c(O)c(CC=C(C)C)c2c(c1O)C(=O)CC(c1ccc(O)cc1)O2.CC(C)=CCc1c(O)cc2c(c1O)C(=O)CC(c1ccc(O)cc1)O2. The van der Waals surface area contributed by atoms with Gasteiger partial charge in [-0.1, -0.05) is 59.2 Å². The number of hydrogen-bond donors (Lipinski definition) is 6. The van der Waals surface area contributed by atoms with E-state index in [0.717, 1.165) is 27.8 Å². The van der Waals surface area contributed by atoms with Crippen molar-refractivity contribution in [3.8, 4) is 46.0 Å². The van der Waals surface area contributed by atoms with Crippen LogP contribution in [-0.4, -0.2) is 42.2 Å². The highest BCUT2D eigenvalue weighted by Crippen LogP contribution is 2.49. The molecule has 6 rings (SSSR count). The largest absolute Gasteiger partial charge is 0.508 e. The Kier molecular flexibility index (Phi) is 12.3. The van der Waals surface area contributed by atoms with Gasteiger partial charge in [0.1, 0.15) is 69.3 Å². The van der Waals surface area contributed by atoms with Crippen molar-refractivity contribution in [2.75, 3.05) is 0 Å². The van der Waals surface area contributed by atoms with Crippen LogP contribution in [-0.2, 0) is 19.3 Å². The monoisotopic (exact) mass is 748 g/mol. The summed E-state index contributed by atoms with van der Waals surface area (Å²) in [6, 6.07) is 14.3. The molecule has 2 aliphatic heterocycles. The molecule has 0 aliphatic carbocycles. The number of phenols is 6. The lowest BCUT2D eigenvalue weighted by molar-refractivity contribution is 0.0833. The Morgan fingerprint density at radius 1 is 0.564 bits per heavy atom. The van der Waals surface area contributed by atoms with Gasteiger partial charge in [-0.25, -0.2) is 0 Å². The normalized spacial score (nSPS) is 15.6. The van der Waals surface area contributed by atoms with E-state index in [2.05, 4.69) is 0 Å². The Labute approximate surface area is 321 Å². The minimum atomic E-state index is -0.557. The van der Waals surface area contributed by atoms with Crippen molar-refractivity contribution < 1.29 is 49.7 Å². The third-order valence-corrected chi connectivity index (χ3v) is 9.44. The van der Waals surface area contributed by atoms with E-state index in [1.807, 2.05) is 59.8 Å². The molecular weight excluding hydrogens is 700 g/mol. The van der Waals surface area contributed by atoms with Gasteiger partial charge in [-0.2, -0.15) is 0 Å². The fourth-order valence-electron chi connectivity index (χ4n) is 6.41. The molecule has 0 amide bonds. The molecule has 2 aliphatic rings. The van der Waals surface area contributed by atoms with E-state index < -0.39 is 12.2 Å². The number of ether oxygens (including phenoxy) is 2. The minimum Gasteiger partial charge on any atom is -0.508 e. The topological polar surface area (TPSA) is 174 Å². The van der Waals surface area contributed by atoms with Crippen molar-refractivity contribution >= 4 is 11.6 Å². The molecule has 2 unspecified atom stereocenters. The Bertz CT molecular complexity index is 2180. The molecule has 10 heteroatoms. The second-order valence-corrected chi connectivity index (χ2v) is 14.6. The molecule has 10 nitrogen and oxygen atoms in total. The van der Waals surface area contributed by atoms with Crippen LogP contribution in [0.25, 0.3) is 0 Å². The number of aromatic hydroxyl groups is 6. The second-order valence-electron chi connectivity index (χ2n) is 14.6. The summed E-state index contributed by atoms with van der Waals surface area (Å²) in [6.07, 6.45) is 5.84. The lowest BCUT2D eigenvalue weighted by atomic mass is 9.89. The number of fused-ring (bicyclic) bond motifs is 2. The van der Waals surface area contributed by atoms with E-state index in [-0.39, 0.29) is 81.5 Å². The third kappa shape index (κ3) is 9.15. The molecule has 6 N–H and O–H groups in total. The van der Waals surface area contributed by atoms with Crippen LogP contribution < -0.4 is 9.47 Å². The summed E-state index contributed by atoms with van der Waals surface area (Å²) in [7, 11) is 0. The first kappa shape index (κ1) is 40.0. The van der Waals surface area contributed by atoms with Gasteiger partial charge in [-0.3, -0.25) is 9.59 Å². The summed E-state index contributed by atoms with van der Waals surface area (Å²) in [5.74, 6) is -0.387. The number of Topliss-reactive ketones (excluding diaryl/α,β-unsaturated/α-hetero) is 2. The lowest BCUT2D eigenvalue weighted by Gasteiger charge is -2.29. The van der Waals surface area contributed by atoms with Crippen LogP contribution in [0.5, 0.6) is 46.0 Å². The van der Waals surface area contributed by atoms with E-state index in [1.54, 1.807) is 36.4 Å². The van der Waals surface area contributed by atoms with E-state index in [0.29, 0.717) is 36.0 Å². The van der Waals surface area contributed by atoms with E-state index in [1.165, 1.54) is 18.2 Å². The van der Waals surface area contributed by atoms with Crippen LogP contribution in [0.4, 0.5) is 0 Å². The van der Waals surface area contributed by atoms with Gasteiger partial charge >= 0.3 is 0 Å². The summed E-state index contributed by atoms with van der Waals surface area (Å²) in [5, 5.41) is 61.5. The van der Waals surface area contributed by atoms with Crippen molar-refractivity contribution in [3.63, 3.8) is 0 Å². The summed E-state index contributed by atoms with van der Waals surface area (Å²) in [6.45, 7) is 11.6. The highest BCUT2D eigenvalue weighted by Gasteiger charge is 2.36. The summed E-state index contributed by atoms with van der Waals surface area (Å²) < 4.78 is 12.0. The summed E-state index contributed by atoms with van der Waals surface area (Å²) in [5.41, 5.74) is 6.06. The van der Waals surface area contributed by atoms with Gasteiger partial charge in [0, 0.05) is 22.8 Å². The third-order valence-electron chi connectivity index (χ3n) is 9.44. The number of carbonyl (C=O) groups is 2. The predicted octanol–water partition coefficient (Wildman–Crippen LogP) is 9.55. The number of carbonyl (C=O) groups excluding carboxylic acids is 2. The number of ketones is 2. The average molecular weight is 749 g/mol. The van der Waals surface area contributed by atoms with Gasteiger partial charge in [0.05, 0.1) is 12.8 Å². The zero-order chi connectivity index (χ0) is 40.1. The van der Waals surface area contributed by atoms with Gasteiger partial charge in [0.25, 0.3) is 0 Å². The van der Waals surface area contributed by atoms with Crippen LogP contribution in [0.3, 0.4) is 0 Å². The summed E-state index contributed by atoms with van der Waals surface area (Å²) in [4.78, 5) is 25.6. The molecule has 0 saturated heterocycles. The quantitative estimate of drug-likeness (QED) is 0.0953. The molecule has 55 heavy (non-hydrogen) atoms. The number of allylic oxidation sites excluding steroid dienone is 6. The zero-order valence-electron chi connectivity index (χ0n) is 31.9. The highest BCUT2D eigenvalue weighted by atomic mass is 16.5. The number of phenolic OH excluding ortho intramolecular Hbond substituents is 6. The van der Waals surface area contributed by atoms with Crippen LogP contribution in [0, 0.1) is 0 Å². The first-order valence-corrected chi connectivity index (χ1v) is 18.1. The molecule has 4 aromatic carbocycles. The Balaban J connectivity index is 0.000000214. The zero-order valence-corrected chi connectivity index (χ0v) is 31.9. The van der Waals surface area contributed by atoms with Gasteiger partial charge in [-0.05, 0) is 96.2 Å². The molecule has 2 atom stereocenters. The molecular formula is C45H48O10. The van der Waals surface area contributed by atoms with Crippen LogP contribution in [0.1, 0.15) is 115 Å². The van der Waals surface area contributed by atoms with Gasteiger partial charge in [0.15, 0.2) is 11.6 Å². The van der Waals surface area contributed by atoms with Crippen molar-refractivity contribution in [2.45, 2.75) is 85.9 Å². The maximum atomic E-state index is 13.0. The average Bonchev–Trinajstić information content (AvgIpc) is 3.11. The molecule has 0 spiro atoms. The fraction of sp³-hybridized carbons (Fsp3) is 0.289. The van der Waals surface area contributed by atoms with Gasteiger partial charge in [0.2, 0.25) is 0 Å². The standard InChI is InChI=1S/C25H28O5.C20H20O5/c1-14(2)5-11-18-23(28)19(12-6-15(3)4)25-22(24(18)29)20(27)13-21(30-25)16-7-9-17(26)10-8-16;1-11(2)3-8-14-15(22)9-18-19(20(14)24)16(23)10-17(25-18)12-4-6-13(21)7-5-12/h5-10,21,26,28-29H,11-13H2,1-4H3;3-7,9,17,21-22,24H,8,10H2,1-2H3. The highest BCUT2D eigenvalue weighted by molar-refractivity contribution is 6.04. The lowest BCUT2D eigenvalue weighted by Crippen LogP contribution is -2.22. The van der Waals surface area contributed by atoms with Crippen molar-refractivity contribution in [2.24, 2.45) is 0 Å². The van der Waals surface area contributed by atoms with Crippen LogP contribution in [0.2, 0.25) is 0 Å². The Morgan fingerprint density at radius 2 is 0.982 bits per heavy atom. The smallest absolute Gasteiger partial charge is 0.174 e. The summed E-state index contributed by atoms with van der Waals surface area (Å²) >= 11 is 0. The molecule has 0 bridgehead atoms. The van der Waals surface area contributed by atoms with Crippen molar-refractivity contribution in [3.05, 3.63) is 128 Å². The van der Waals surface area contributed by atoms with Gasteiger partial charge < -0.3 is 40.1 Å². The van der Waals surface area contributed by atoms with Crippen LogP contribution >= 0.6 is 0 Å².